The molecule has 0 aliphatic carbocycles. The van der Waals surface area contributed by atoms with Crippen LogP contribution in [-0.2, 0) is 17.4 Å². The summed E-state index contributed by atoms with van der Waals surface area (Å²) >= 11 is 0.960. The van der Waals surface area contributed by atoms with E-state index in [9.17, 15) is 27.6 Å². The van der Waals surface area contributed by atoms with Gasteiger partial charge in [-0.25, -0.2) is 4.79 Å². The summed E-state index contributed by atoms with van der Waals surface area (Å²) in [5, 5.41) is 10.9. The quantitative estimate of drug-likeness (QED) is 0.274. The lowest BCUT2D eigenvalue weighted by Gasteiger charge is -2.14. The van der Waals surface area contributed by atoms with Gasteiger partial charge in [-0.15, -0.1) is 10.2 Å². The minimum absolute atomic E-state index is 0.0328. The van der Waals surface area contributed by atoms with Crippen LogP contribution in [0.3, 0.4) is 0 Å². The fraction of sp³-hybridized carbons (Fsp3) is 0.208. The molecule has 10 nitrogen and oxygen atoms in total. The van der Waals surface area contributed by atoms with Gasteiger partial charge in [0, 0.05) is 23.9 Å². The van der Waals surface area contributed by atoms with Crippen molar-refractivity contribution < 1.29 is 22.7 Å². The molecule has 0 spiro atoms. The number of ether oxygens (including phenoxy) is 1. The summed E-state index contributed by atoms with van der Waals surface area (Å²) in [6.45, 7) is 2.32. The van der Waals surface area contributed by atoms with Crippen molar-refractivity contribution in [1.82, 2.24) is 24.7 Å². The van der Waals surface area contributed by atoms with E-state index in [4.69, 9.17) is 4.74 Å². The Morgan fingerprint density at radius 2 is 1.82 bits per heavy atom. The Labute approximate surface area is 217 Å². The highest BCUT2D eigenvalue weighted by atomic mass is 32.2. The SMILES string of the molecule is CCOc1ccc(-n2c(Cc3cc(=O)[nH]c(=O)[nH]3)nnc2SCC(=O)Nc2ccccc2C(F)(F)F)cc1. The van der Waals surface area contributed by atoms with Crippen LogP contribution in [0.2, 0.25) is 0 Å². The van der Waals surface area contributed by atoms with Crippen molar-refractivity contribution in [3.05, 3.63) is 92.5 Å². The normalized spacial score (nSPS) is 11.4. The number of para-hydroxylation sites is 1. The van der Waals surface area contributed by atoms with Gasteiger partial charge < -0.3 is 15.0 Å². The van der Waals surface area contributed by atoms with Gasteiger partial charge in [0.15, 0.2) is 5.16 Å². The molecule has 2 aromatic heterocycles. The molecule has 0 atom stereocenters. The number of carbonyl (C=O) groups is 1. The molecule has 0 saturated heterocycles. The minimum Gasteiger partial charge on any atom is -0.494 e. The number of hydrogen-bond acceptors (Lipinski definition) is 7. The molecule has 2 heterocycles. The van der Waals surface area contributed by atoms with Gasteiger partial charge in [0.2, 0.25) is 5.91 Å². The summed E-state index contributed by atoms with van der Waals surface area (Å²) in [6, 6.07) is 12.8. The lowest BCUT2D eigenvalue weighted by molar-refractivity contribution is -0.137. The first-order valence-electron chi connectivity index (χ1n) is 11.2. The molecular formula is C24H21F3N6O4S. The maximum absolute atomic E-state index is 13.3. The van der Waals surface area contributed by atoms with E-state index in [1.807, 2.05) is 6.92 Å². The van der Waals surface area contributed by atoms with E-state index >= 15 is 0 Å². The predicted molar refractivity (Wildman–Crippen MR) is 134 cm³/mol. The van der Waals surface area contributed by atoms with E-state index < -0.39 is 28.9 Å². The Balaban J connectivity index is 1.60. The molecule has 2 aromatic carbocycles. The number of halogens is 3. The molecule has 38 heavy (non-hydrogen) atoms. The average molecular weight is 547 g/mol. The Bertz CT molecular complexity index is 1520. The van der Waals surface area contributed by atoms with E-state index in [0.29, 0.717) is 23.9 Å². The maximum Gasteiger partial charge on any atom is 0.418 e. The number of alkyl halides is 3. The summed E-state index contributed by atoms with van der Waals surface area (Å²) in [4.78, 5) is 40.6. The van der Waals surface area contributed by atoms with Crippen LogP contribution in [0, 0.1) is 0 Å². The molecule has 4 aromatic rings. The highest BCUT2D eigenvalue weighted by molar-refractivity contribution is 7.99. The van der Waals surface area contributed by atoms with E-state index in [1.165, 1.54) is 24.3 Å². The van der Waals surface area contributed by atoms with Gasteiger partial charge in [-0.3, -0.25) is 19.1 Å². The van der Waals surface area contributed by atoms with Crippen molar-refractivity contribution in [3.63, 3.8) is 0 Å². The number of aromatic amines is 2. The highest BCUT2D eigenvalue weighted by Crippen LogP contribution is 2.34. The van der Waals surface area contributed by atoms with Crippen LogP contribution in [0.5, 0.6) is 5.75 Å². The first-order chi connectivity index (χ1) is 18.1. The van der Waals surface area contributed by atoms with Crippen LogP contribution >= 0.6 is 11.8 Å². The van der Waals surface area contributed by atoms with Gasteiger partial charge in [-0.05, 0) is 43.3 Å². The maximum atomic E-state index is 13.3. The van der Waals surface area contributed by atoms with Gasteiger partial charge in [0.1, 0.15) is 11.6 Å². The summed E-state index contributed by atoms with van der Waals surface area (Å²) < 4.78 is 46.9. The molecule has 0 fully saturated rings. The predicted octanol–water partition coefficient (Wildman–Crippen LogP) is 3.38. The molecule has 0 aliphatic heterocycles. The summed E-state index contributed by atoms with van der Waals surface area (Å²) in [6.07, 6.45) is -4.59. The van der Waals surface area contributed by atoms with Crippen molar-refractivity contribution in [2.75, 3.05) is 17.7 Å². The fourth-order valence-corrected chi connectivity index (χ4v) is 4.34. The Morgan fingerprint density at radius 1 is 1.08 bits per heavy atom. The second-order valence-corrected chi connectivity index (χ2v) is 8.77. The Hall–Kier alpha value is -4.33. The topological polar surface area (TPSA) is 135 Å². The van der Waals surface area contributed by atoms with Gasteiger partial charge >= 0.3 is 11.9 Å². The zero-order valence-electron chi connectivity index (χ0n) is 19.8. The molecule has 4 rings (SSSR count). The lowest BCUT2D eigenvalue weighted by atomic mass is 10.1. The second-order valence-electron chi connectivity index (χ2n) is 7.83. The van der Waals surface area contributed by atoms with Crippen molar-refractivity contribution >= 4 is 23.4 Å². The standard InChI is InChI=1S/C24H21F3N6O4S/c1-2-37-16-9-7-15(8-10-16)33-19(11-14-12-20(34)30-22(36)28-14)31-32-23(33)38-13-21(35)29-18-6-4-3-5-17(18)24(25,26)27/h3-10,12H,2,11,13H2,1H3,(H,29,35)(H2,28,30,34,36). The number of aromatic nitrogens is 5. The molecule has 0 unspecified atom stereocenters. The summed E-state index contributed by atoms with van der Waals surface area (Å²) in [5.41, 5.74) is -1.67. The molecule has 14 heteroatoms. The van der Waals surface area contributed by atoms with Crippen LogP contribution in [-0.4, -0.2) is 43.0 Å². The Kier molecular flexibility index (Phi) is 8.00. The highest BCUT2D eigenvalue weighted by Gasteiger charge is 2.33. The third-order valence-electron chi connectivity index (χ3n) is 5.11. The number of nitrogens with zero attached hydrogens (tertiary/aromatic N) is 3. The number of carbonyl (C=O) groups excluding carboxylic acids is 1. The number of rotatable bonds is 9. The van der Waals surface area contributed by atoms with E-state index in [0.717, 1.165) is 17.8 Å². The van der Waals surface area contributed by atoms with Gasteiger partial charge in [0.25, 0.3) is 5.56 Å². The molecule has 0 saturated carbocycles. The smallest absolute Gasteiger partial charge is 0.418 e. The van der Waals surface area contributed by atoms with Crippen LogP contribution in [0.25, 0.3) is 5.69 Å². The van der Waals surface area contributed by atoms with Crippen LogP contribution in [0.1, 0.15) is 24.0 Å². The van der Waals surface area contributed by atoms with E-state index in [2.05, 4.69) is 25.5 Å². The fourth-order valence-electron chi connectivity index (χ4n) is 3.57. The van der Waals surface area contributed by atoms with Crippen molar-refractivity contribution in [1.29, 1.82) is 0 Å². The van der Waals surface area contributed by atoms with E-state index in [-0.39, 0.29) is 28.7 Å². The van der Waals surface area contributed by atoms with Crippen molar-refractivity contribution in [2.45, 2.75) is 24.7 Å². The van der Waals surface area contributed by atoms with Gasteiger partial charge in [-0.1, -0.05) is 23.9 Å². The summed E-state index contributed by atoms with van der Waals surface area (Å²) in [5.74, 6) is 0.0410. The van der Waals surface area contributed by atoms with Gasteiger partial charge in [-0.2, -0.15) is 13.2 Å². The zero-order valence-corrected chi connectivity index (χ0v) is 20.7. The Morgan fingerprint density at radius 3 is 2.50 bits per heavy atom. The molecule has 3 N–H and O–H groups in total. The third-order valence-corrected chi connectivity index (χ3v) is 6.04. The third kappa shape index (κ3) is 6.51. The molecule has 198 valence electrons. The number of anilines is 1. The summed E-state index contributed by atoms with van der Waals surface area (Å²) in [7, 11) is 0. The number of nitrogens with one attached hydrogen (secondary N) is 3. The van der Waals surface area contributed by atoms with Gasteiger partial charge in [0.05, 0.1) is 23.6 Å². The minimum atomic E-state index is -4.63. The molecular weight excluding hydrogens is 525 g/mol. The molecule has 1 amide bonds. The lowest BCUT2D eigenvalue weighted by Crippen LogP contribution is -2.23. The first kappa shape index (κ1) is 26.7. The average Bonchev–Trinajstić information content (AvgIpc) is 3.24. The first-order valence-corrected chi connectivity index (χ1v) is 12.2. The number of H-pyrrole nitrogens is 2. The van der Waals surface area contributed by atoms with Crippen molar-refractivity contribution in [3.8, 4) is 11.4 Å². The molecule has 0 radical (unpaired) electrons. The largest absolute Gasteiger partial charge is 0.494 e. The van der Waals surface area contributed by atoms with Crippen LogP contribution < -0.4 is 21.3 Å². The van der Waals surface area contributed by atoms with Crippen molar-refractivity contribution in [2.24, 2.45) is 0 Å². The number of thioether (sulfide) groups is 1. The van der Waals surface area contributed by atoms with E-state index in [1.54, 1.807) is 28.8 Å². The second kappa shape index (κ2) is 11.4. The molecule has 0 bridgehead atoms. The zero-order chi connectivity index (χ0) is 27.3. The number of benzene rings is 2. The number of amides is 1. The molecule has 0 aliphatic rings. The van der Waals surface area contributed by atoms with Crippen LogP contribution in [0.4, 0.5) is 18.9 Å². The van der Waals surface area contributed by atoms with Crippen LogP contribution in [0.15, 0.2) is 69.3 Å². The monoisotopic (exact) mass is 546 g/mol. The number of hydrogen-bond donors (Lipinski definition) is 3.